The summed E-state index contributed by atoms with van der Waals surface area (Å²) in [6.07, 6.45) is 0.0412. The molecule has 3 heteroatoms. The normalized spacial score (nSPS) is 51.6. The molecule has 1 heterocycles. The van der Waals surface area contributed by atoms with Gasteiger partial charge in [-0.25, -0.2) is 4.39 Å². The van der Waals surface area contributed by atoms with Crippen LogP contribution in [-0.4, -0.2) is 18.0 Å². The Bertz CT molecular complexity index is 170. The van der Waals surface area contributed by atoms with Gasteiger partial charge in [-0.2, -0.15) is 0 Å². The molecule has 2 rings (SSSR count). The van der Waals surface area contributed by atoms with Crippen molar-refractivity contribution in [2.24, 2.45) is 11.8 Å². The maximum atomic E-state index is 12.7. The molecule has 0 aromatic rings. The summed E-state index contributed by atoms with van der Waals surface area (Å²) in [6, 6.07) is -0.0174. The number of rotatable bonds is 0. The van der Waals surface area contributed by atoms with E-state index >= 15 is 0 Å². The fourth-order valence-corrected chi connectivity index (χ4v) is 1.86. The minimum atomic E-state index is -0.683. The first-order chi connectivity index (χ1) is 4.70. The number of halogens is 1. The number of amidine groups is 1. The van der Waals surface area contributed by atoms with Crippen molar-refractivity contribution in [1.29, 1.82) is 5.41 Å². The lowest BCUT2D eigenvalue weighted by molar-refractivity contribution is 0.393. The SMILES string of the molecule is CC1CC(=N)N[C@@H]2C(F)[C@H]12. The molecule has 0 spiro atoms. The molecular weight excluding hydrogens is 131 g/mol. The van der Waals surface area contributed by atoms with Crippen molar-refractivity contribution < 1.29 is 4.39 Å². The van der Waals surface area contributed by atoms with E-state index in [1.54, 1.807) is 0 Å². The van der Waals surface area contributed by atoms with E-state index in [0.29, 0.717) is 11.8 Å². The van der Waals surface area contributed by atoms with Gasteiger partial charge in [0.1, 0.15) is 6.17 Å². The van der Waals surface area contributed by atoms with Crippen LogP contribution in [0.4, 0.5) is 4.39 Å². The van der Waals surface area contributed by atoms with Crippen LogP contribution in [0, 0.1) is 17.2 Å². The summed E-state index contributed by atoms with van der Waals surface area (Å²) in [5.74, 6) is 1.08. The molecule has 56 valence electrons. The second kappa shape index (κ2) is 1.71. The molecule has 0 amide bonds. The Labute approximate surface area is 59.3 Å². The summed E-state index contributed by atoms with van der Waals surface area (Å²) in [5, 5.41) is 10.1. The zero-order chi connectivity index (χ0) is 7.30. The first-order valence-electron chi connectivity index (χ1n) is 3.68. The Hall–Kier alpha value is -0.600. The van der Waals surface area contributed by atoms with Gasteiger partial charge in [0.2, 0.25) is 0 Å². The smallest absolute Gasteiger partial charge is 0.126 e. The predicted octanol–water partition coefficient (Wildman–Crippen LogP) is 0.930. The number of hydrogen-bond donors (Lipinski definition) is 2. The molecule has 2 N–H and O–H groups in total. The summed E-state index contributed by atoms with van der Waals surface area (Å²) in [4.78, 5) is 0. The summed E-state index contributed by atoms with van der Waals surface area (Å²) < 4.78 is 12.7. The standard InChI is InChI=1S/C7H11FN2/c1-3-2-4(9)10-7-5(3)6(7)8/h3,5-7H,2H2,1H3,(H2,9,10)/t3?,5-,6?,7-/m0/s1. The Morgan fingerprint density at radius 1 is 1.70 bits per heavy atom. The first-order valence-corrected chi connectivity index (χ1v) is 3.68. The van der Waals surface area contributed by atoms with E-state index in [1.807, 2.05) is 6.92 Å². The van der Waals surface area contributed by atoms with Gasteiger partial charge < -0.3 is 5.32 Å². The average Bonchev–Trinajstić information content (AvgIpc) is 2.42. The van der Waals surface area contributed by atoms with Crippen molar-refractivity contribution in [3.05, 3.63) is 0 Å². The monoisotopic (exact) mass is 142 g/mol. The van der Waals surface area contributed by atoms with Crippen LogP contribution in [0.3, 0.4) is 0 Å². The van der Waals surface area contributed by atoms with Crippen molar-refractivity contribution in [2.75, 3.05) is 0 Å². The number of alkyl halides is 1. The molecule has 1 saturated heterocycles. The molecule has 2 aliphatic rings. The molecule has 0 aromatic heterocycles. The summed E-state index contributed by atoms with van der Waals surface area (Å²) in [5.41, 5.74) is 0. The van der Waals surface area contributed by atoms with Crippen LogP contribution in [-0.2, 0) is 0 Å². The second-order valence-electron chi connectivity index (χ2n) is 3.35. The fourth-order valence-electron chi connectivity index (χ4n) is 1.86. The molecule has 1 aliphatic heterocycles. The topological polar surface area (TPSA) is 35.9 Å². The third kappa shape index (κ3) is 0.662. The Kier molecular flexibility index (Phi) is 1.05. The summed E-state index contributed by atoms with van der Waals surface area (Å²) >= 11 is 0. The summed E-state index contributed by atoms with van der Waals surface area (Å²) in [7, 11) is 0. The van der Waals surface area contributed by atoms with Gasteiger partial charge in [-0.1, -0.05) is 6.92 Å². The molecular formula is C7H11FN2. The largest absolute Gasteiger partial charge is 0.368 e. The van der Waals surface area contributed by atoms with Crippen molar-refractivity contribution in [3.63, 3.8) is 0 Å². The molecule has 0 aromatic carbocycles. The number of piperidine rings is 1. The third-order valence-electron chi connectivity index (χ3n) is 2.51. The molecule has 0 bridgehead atoms. The van der Waals surface area contributed by atoms with E-state index in [-0.39, 0.29) is 12.0 Å². The van der Waals surface area contributed by atoms with Gasteiger partial charge in [0.05, 0.1) is 11.9 Å². The second-order valence-corrected chi connectivity index (χ2v) is 3.35. The highest BCUT2D eigenvalue weighted by Gasteiger charge is 2.56. The summed E-state index contributed by atoms with van der Waals surface area (Å²) in [6.45, 7) is 2.02. The van der Waals surface area contributed by atoms with E-state index in [0.717, 1.165) is 6.42 Å². The maximum absolute atomic E-state index is 12.7. The van der Waals surface area contributed by atoms with E-state index in [4.69, 9.17) is 5.41 Å². The van der Waals surface area contributed by atoms with E-state index in [9.17, 15) is 4.39 Å². The van der Waals surface area contributed by atoms with Crippen LogP contribution < -0.4 is 5.32 Å². The van der Waals surface area contributed by atoms with Crippen molar-refractivity contribution in [3.8, 4) is 0 Å². The lowest BCUT2D eigenvalue weighted by Gasteiger charge is -2.17. The molecule has 2 fully saturated rings. The zero-order valence-electron chi connectivity index (χ0n) is 5.89. The lowest BCUT2D eigenvalue weighted by Crippen LogP contribution is -2.33. The van der Waals surface area contributed by atoms with Gasteiger partial charge in [0, 0.05) is 12.3 Å². The predicted molar refractivity (Wildman–Crippen MR) is 36.8 cm³/mol. The molecule has 1 saturated carbocycles. The number of fused-ring (bicyclic) bond motifs is 1. The lowest BCUT2D eigenvalue weighted by atomic mass is 9.98. The molecule has 2 nitrogen and oxygen atoms in total. The van der Waals surface area contributed by atoms with E-state index < -0.39 is 6.17 Å². The van der Waals surface area contributed by atoms with Crippen molar-refractivity contribution in [1.82, 2.24) is 5.32 Å². The van der Waals surface area contributed by atoms with Crippen LogP contribution in [0.15, 0.2) is 0 Å². The van der Waals surface area contributed by atoms with Gasteiger partial charge in [0.15, 0.2) is 0 Å². The minimum Gasteiger partial charge on any atom is -0.368 e. The van der Waals surface area contributed by atoms with E-state index in [1.165, 1.54) is 0 Å². The van der Waals surface area contributed by atoms with Gasteiger partial charge >= 0.3 is 0 Å². The number of hydrogen-bond acceptors (Lipinski definition) is 1. The average molecular weight is 142 g/mol. The van der Waals surface area contributed by atoms with Crippen LogP contribution in [0.2, 0.25) is 0 Å². The third-order valence-corrected chi connectivity index (χ3v) is 2.51. The highest BCUT2D eigenvalue weighted by molar-refractivity contribution is 5.81. The Morgan fingerprint density at radius 3 is 3.00 bits per heavy atom. The molecule has 2 unspecified atom stereocenters. The number of nitrogens with one attached hydrogen (secondary N) is 2. The highest BCUT2D eigenvalue weighted by atomic mass is 19.1. The fraction of sp³-hybridized carbons (Fsp3) is 0.857. The zero-order valence-corrected chi connectivity index (χ0v) is 5.89. The minimum absolute atomic E-state index is 0.0174. The Morgan fingerprint density at radius 2 is 2.40 bits per heavy atom. The van der Waals surface area contributed by atoms with Gasteiger partial charge in [0.25, 0.3) is 0 Å². The molecule has 0 radical (unpaired) electrons. The van der Waals surface area contributed by atoms with Gasteiger partial charge in [-0.05, 0) is 5.92 Å². The van der Waals surface area contributed by atoms with Gasteiger partial charge in [-0.15, -0.1) is 0 Å². The molecule has 1 aliphatic carbocycles. The van der Waals surface area contributed by atoms with Gasteiger partial charge in [-0.3, -0.25) is 5.41 Å². The molecule has 10 heavy (non-hydrogen) atoms. The van der Waals surface area contributed by atoms with Crippen LogP contribution in [0.1, 0.15) is 13.3 Å². The van der Waals surface area contributed by atoms with Crippen molar-refractivity contribution >= 4 is 5.84 Å². The molecule has 4 atom stereocenters. The Balaban J connectivity index is 2.09. The quantitative estimate of drug-likeness (QED) is 0.518. The maximum Gasteiger partial charge on any atom is 0.126 e. The first kappa shape index (κ1) is 6.13. The highest BCUT2D eigenvalue weighted by Crippen LogP contribution is 2.44. The van der Waals surface area contributed by atoms with Crippen LogP contribution in [0.25, 0.3) is 0 Å². The van der Waals surface area contributed by atoms with Crippen LogP contribution in [0.5, 0.6) is 0 Å². The van der Waals surface area contributed by atoms with Crippen molar-refractivity contribution in [2.45, 2.75) is 25.6 Å². The van der Waals surface area contributed by atoms with E-state index in [2.05, 4.69) is 5.32 Å². The van der Waals surface area contributed by atoms with Crippen LogP contribution >= 0.6 is 0 Å².